The molecule has 0 aliphatic heterocycles. The molecule has 20 heavy (non-hydrogen) atoms. The third-order valence-electron chi connectivity index (χ3n) is 2.98. The van der Waals surface area contributed by atoms with Crippen molar-refractivity contribution in [3.63, 3.8) is 0 Å². The third kappa shape index (κ3) is 3.64. The summed E-state index contributed by atoms with van der Waals surface area (Å²) in [5.74, 6) is -0.0901. The van der Waals surface area contributed by atoms with Crippen molar-refractivity contribution in [2.75, 3.05) is 7.11 Å². The molecule has 0 aliphatic rings. The van der Waals surface area contributed by atoms with Gasteiger partial charge >= 0.3 is 0 Å². The van der Waals surface area contributed by atoms with Gasteiger partial charge < -0.3 is 10.1 Å². The number of benzene rings is 1. The molecule has 0 radical (unpaired) electrons. The van der Waals surface area contributed by atoms with Crippen molar-refractivity contribution >= 4 is 5.91 Å². The zero-order valence-corrected chi connectivity index (χ0v) is 11.6. The molecule has 0 fully saturated rings. The Kier molecular flexibility index (Phi) is 4.84. The van der Waals surface area contributed by atoms with Gasteiger partial charge in [-0.25, -0.2) is 9.67 Å². The standard InChI is InChI=1S/C14H18N4O2/c1-11(18-10-15-9-17-18)14(19)16-7-12-4-3-5-13(6-12)8-20-2/h3-6,9-11H,7-8H2,1-2H3,(H,16,19). The van der Waals surface area contributed by atoms with E-state index in [0.29, 0.717) is 13.2 Å². The van der Waals surface area contributed by atoms with Crippen LogP contribution in [0.3, 0.4) is 0 Å². The highest BCUT2D eigenvalue weighted by Crippen LogP contribution is 2.07. The molecule has 1 unspecified atom stereocenters. The van der Waals surface area contributed by atoms with E-state index >= 15 is 0 Å². The molecule has 1 atom stereocenters. The van der Waals surface area contributed by atoms with Gasteiger partial charge in [-0.2, -0.15) is 5.10 Å². The fourth-order valence-electron chi connectivity index (χ4n) is 1.87. The minimum atomic E-state index is -0.375. The molecule has 1 aromatic heterocycles. The number of amides is 1. The van der Waals surface area contributed by atoms with E-state index in [0.717, 1.165) is 11.1 Å². The molecular weight excluding hydrogens is 256 g/mol. The molecule has 0 bridgehead atoms. The molecule has 2 rings (SSSR count). The van der Waals surface area contributed by atoms with Crippen molar-refractivity contribution in [2.24, 2.45) is 0 Å². The second-order valence-electron chi connectivity index (χ2n) is 4.52. The first kappa shape index (κ1) is 14.2. The van der Waals surface area contributed by atoms with Gasteiger partial charge in [-0.15, -0.1) is 0 Å². The van der Waals surface area contributed by atoms with Crippen LogP contribution in [0.25, 0.3) is 0 Å². The number of hydrogen-bond acceptors (Lipinski definition) is 4. The maximum Gasteiger partial charge on any atom is 0.244 e. The molecule has 0 spiro atoms. The highest BCUT2D eigenvalue weighted by atomic mass is 16.5. The summed E-state index contributed by atoms with van der Waals surface area (Å²) in [5, 5.41) is 6.85. The number of methoxy groups -OCH3 is 1. The zero-order chi connectivity index (χ0) is 14.4. The number of nitrogens with zero attached hydrogens (tertiary/aromatic N) is 3. The molecule has 1 N–H and O–H groups in total. The number of carbonyl (C=O) groups excluding carboxylic acids is 1. The summed E-state index contributed by atoms with van der Waals surface area (Å²) in [6, 6.07) is 7.56. The first-order chi connectivity index (χ1) is 9.70. The normalized spacial score (nSPS) is 12.1. The van der Waals surface area contributed by atoms with Crippen molar-refractivity contribution in [1.82, 2.24) is 20.1 Å². The van der Waals surface area contributed by atoms with E-state index in [-0.39, 0.29) is 11.9 Å². The predicted octanol–water partition coefficient (Wildman–Crippen LogP) is 1.30. The van der Waals surface area contributed by atoms with E-state index in [9.17, 15) is 4.79 Å². The lowest BCUT2D eigenvalue weighted by Crippen LogP contribution is -2.30. The second kappa shape index (κ2) is 6.81. The smallest absolute Gasteiger partial charge is 0.244 e. The van der Waals surface area contributed by atoms with Gasteiger partial charge in [0.05, 0.1) is 6.61 Å². The zero-order valence-electron chi connectivity index (χ0n) is 11.6. The van der Waals surface area contributed by atoms with Crippen molar-refractivity contribution in [1.29, 1.82) is 0 Å². The van der Waals surface area contributed by atoms with Crippen LogP contribution in [0.5, 0.6) is 0 Å². The molecule has 1 heterocycles. The Morgan fingerprint density at radius 1 is 1.45 bits per heavy atom. The van der Waals surface area contributed by atoms with Gasteiger partial charge in [-0.1, -0.05) is 24.3 Å². The SMILES string of the molecule is COCc1cccc(CNC(=O)C(C)n2cncn2)c1. The summed E-state index contributed by atoms with van der Waals surface area (Å²) in [7, 11) is 1.66. The Labute approximate surface area is 117 Å². The maximum absolute atomic E-state index is 12.0. The van der Waals surface area contributed by atoms with E-state index in [2.05, 4.69) is 15.4 Å². The minimum absolute atomic E-state index is 0.0901. The number of carbonyl (C=O) groups is 1. The van der Waals surface area contributed by atoms with Crippen LogP contribution in [0.2, 0.25) is 0 Å². The van der Waals surface area contributed by atoms with Crippen molar-refractivity contribution in [3.8, 4) is 0 Å². The molecule has 0 aliphatic carbocycles. The van der Waals surface area contributed by atoms with E-state index in [1.165, 1.54) is 17.3 Å². The highest BCUT2D eigenvalue weighted by molar-refractivity contribution is 5.79. The number of hydrogen-bond donors (Lipinski definition) is 1. The van der Waals surface area contributed by atoms with Gasteiger partial charge in [0.15, 0.2) is 0 Å². The van der Waals surface area contributed by atoms with Gasteiger partial charge in [0.2, 0.25) is 5.91 Å². The number of ether oxygens (including phenoxy) is 1. The highest BCUT2D eigenvalue weighted by Gasteiger charge is 2.14. The lowest BCUT2D eigenvalue weighted by Gasteiger charge is -2.12. The minimum Gasteiger partial charge on any atom is -0.380 e. The third-order valence-corrected chi connectivity index (χ3v) is 2.98. The molecule has 1 aromatic carbocycles. The van der Waals surface area contributed by atoms with Crippen molar-refractivity contribution in [2.45, 2.75) is 26.1 Å². The molecule has 2 aromatic rings. The number of nitrogens with one attached hydrogen (secondary N) is 1. The Balaban J connectivity index is 1.91. The van der Waals surface area contributed by atoms with Gasteiger partial charge in [0.1, 0.15) is 18.7 Å². The monoisotopic (exact) mass is 274 g/mol. The van der Waals surface area contributed by atoms with Crippen LogP contribution >= 0.6 is 0 Å². The Morgan fingerprint density at radius 2 is 2.25 bits per heavy atom. The van der Waals surface area contributed by atoms with Crippen LogP contribution in [-0.2, 0) is 22.7 Å². The van der Waals surface area contributed by atoms with Crippen LogP contribution in [-0.4, -0.2) is 27.8 Å². The summed E-state index contributed by atoms with van der Waals surface area (Å²) in [6.45, 7) is 2.83. The van der Waals surface area contributed by atoms with Crippen LogP contribution < -0.4 is 5.32 Å². The van der Waals surface area contributed by atoms with Gasteiger partial charge in [0, 0.05) is 13.7 Å². The lowest BCUT2D eigenvalue weighted by molar-refractivity contribution is -0.124. The molecule has 0 saturated carbocycles. The summed E-state index contributed by atoms with van der Waals surface area (Å²) in [5.41, 5.74) is 2.13. The molecule has 1 amide bonds. The molecule has 6 nitrogen and oxygen atoms in total. The molecule has 0 saturated heterocycles. The largest absolute Gasteiger partial charge is 0.380 e. The Hall–Kier alpha value is -2.21. The molecule has 106 valence electrons. The van der Waals surface area contributed by atoms with Crippen LogP contribution in [0.4, 0.5) is 0 Å². The lowest BCUT2D eigenvalue weighted by atomic mass is 10.1. The van der Waals surface area contributed by atoms with Crippen molar-refractivity contribution in [3.05, 3.63) is 48.0 Å². The van der Waals surface area contributed by atoms with E-state index in [1.54, 1.807) is 14.0 Å². The Bertz CT molecular complexity index is 554. The van der Waals surface area contributed by atoms with E-state index < -0.39 is 0 Å². The van der Waals surface area contributed by atoms with Gasteiger partial charge in [-0.3, -0.25) is 4.79 Å². The summed E-state index contributed by atoms with van der Waals surface area (Å²) >= 11 is 0. The van der Waals surface area contributed by atoms with Gasteiger partial charge in [-0.05, 0) is 18.1 Å². The summed E-state index contributed by atoms with van der Waals surface area (Å²) in [4.78, 5) is 15.8. The first-order valence-corrected chi connectivity index (χ1v) is 6.39. The van der Waals surface area contributed by atoms with Crippen LogP contribution in [0.1, 0.15) is 24.1 Å². The molecule has 6 heteroatoms. The average Bonchev–Trinajstić information content (AvgIpc) is 2.99. The predicted molar refractivity (Wildman–Crippen MR) is 73.7 cm³/mol. The molecular formula is C14H18N4O2. The number of rotatable bonds is 6. The van der Waals surface area contributed by atoms with E-state index in [1.807, 2.05) is 24.3 Å². The first-order valence-electron chi connectivity index (χ1n) is 6.39. The Morgan fingerprint density at radius 3 is 2.95 bits per heavy atom. The quantitative estimate of drug-likeness (QED) is 0.862. The van der Waals surface area contributed by atoms with Crippen LogP contribution in [0, 0.1) is 0 Å². The van der Waals surface area contributed by atoms with E-state index in [4.69, 9.17) is 4.74 Å². The fraction of sp³-hybridized carbons (Fsp3) is 0.357. The average molecular weight is 274 g/mol. The summed E-state index contributed by atoms with van der Waals surface area (Å²) in [6.07, 6.45) is 2.95. The summed E-state index contributed by atoms with van der Waals surface area (Å²) < 4.78 is 6.61. The van der Waals surface area contributed by atoms with Crippen LogP contribution in [0.15, 0.2) is 36.9 Å². The second-order valence-corrected chi connectivity index (χ2v) is 4.52. The van der Waals surface area contributed by atoms with Gasteiger partial charge in [0.25, 0.3) is 0 Å². The van der Waals surface area contributed by atoms with Crippen molar-refractivity contribution < 1.29 is 9.53 Å². The maximum atomic E-state index is 12.0. The topological polar surface area (TPSA) is 69.0 Å². The fourth-order valence-corrected chi connectivity index (χ4v) is 1.87. The number of aromatic nitrogens is 3.